The Labute approximate surface area is 157 Å². The molecule has 146 valence electrons. The van der Waals surface area contributed by atoms with E-state index in [9.17, 15) is 9.59 Å². The van der Waals surface area contributed by atoms with Gasteiger partial charge in [-0.05, 0) is 24.6 Å². The molecule has 0 radical (unpaired) electrons. The van der Waals surface area contributed by atoms with Gasteiger partial charge in [0.05, 0.1) is 20.8 Å². The number of hydrogen-bond acceptors (Lipinski definition) is 8. The fourth-order valence-corrected chi connectivity index (χ4v) is 3.34. The first kappa shape index (κ1) is 19.2. The fraction of sp³-hybridized carbons (Fsp3) is 0.474. The number of benzene rings is 1. The SMILES string of the molecule is CCOC(=O)OC1=C(c2ccc(OC)cc2)C(=O)OC12CCN(OC)CC2. The van der Waals surface area contributed by atoms with E-state index in [1.807, 2.05) is 0 Å². The number of nitrogens with zero attached hydrogens (tertiary/aromatic N) is 1. The third kappa shape index (κ3) is 3.77. The minimum atomic E-state index is -1.01. The molecule has 1 aromatic carbocycles. The molecule has 0 aromatic heterocycles. The molecular formula is C19H23NO7. The van der Waals surface area contributed by atoms with Gasteiger partial charge in [0, 0.05) is 25.9 Å². The molecule has 0 unspecified atom stereocenters. The largest absolute Gasteiger partial charge is 0.513 e. The third-order valence-electron chi connectivity index (χ3n) is 4.75. The molecule has 1 saturated heterocycles. The van der Waals surface area contributed by atoms with Gasteiger partial charge in [0.25, 0.3) is 0 Å². The van der Waals surface area contributed by atoms with E-state index in [1.165, 1.54) is 0 Å². The van der Waals surface area contributed by atoms with Gasteiger partial charge in [0.1, 0.15) is 11.3 Å². The second-order valence-corrected chi connectivity index (χ2v) is 6.21. The Morgan fingerprint density at radius 1 is 1.19 bits per heavy atom. The van der Waals surface area contributed by atoms with Crippen molar-refractivity contribution in [3.05, 3.63) is 35.6 Å². The number of esters is 1. The molecule has 0 bridgehead atoms. The Morgan fingerprint density at radius 3 is 2.41 bits per heavy atom. The first-order chi connectivity index (χ1) is 13.0. The van der Waals surface area contributed by atoms with E-state index in [0.717, 1.165) is 0 Å². The maximum atomic E-state index is 12.7. The molecule has 0 saturated carbocycles. The normalized spacial score (nSPS) is 19.1. The van der Waals surface area contributed by atoms with Crippen molar-refractivity contribution >= 4 is 17.7 Å². The van der Waals surface area contributed by atoms with Crippen LogP contribution in [0.2, 0.25) is 0 Å². The van der Waals surface area contributed by atoms with Crippen LogP contribution in [-0.4, -0.2) is 56.7 Å². The molecule has 3 rings (SSSR count). The quantitative estimate of drug-likeness (QED) is 0.724. The number of methoxy groups -OCH3 is 1. The zero-order chi connectivity index (χ0) is 19.4. The maximum absolute atomic E-state index is 12.7. The molecule has 2 aliphatic heterocycles. The van der Waals surface area contributed by atoms with Gasteiger partial charge >= 0.3 is 12.1 Å². The predicted molar refractivity (Wildman–Crippen MR) is 94.7 cm³/mol. The average molecular weight is 377 g/mol. The van der Waals surface area contributed by atoms with Gasteiger partial charge in [-0.15, -0.1) is 0 Å². The van der Waals surface area contributed by atoms with Gasteiger partial charge < -0.3 is 23.8 Å². The zero-order valence-corrected chi connectivity index (χ0v) is 15.6. The third-order valence-corrected chi connectivity index (χ3v) is 4.75. The summed E-state index contributed by atoms with van der Waals surface area (Å²) in [6.07, 6.45) is 0.0347. The van der Waals surface area contributed by atoms with Crippen molar-refractivity contribution in [2.75, 3.05) is 33.9 Å². The summed E-state index contributed by atoms with van der Waals surface area (Å²) in [5, 5.41) is 1.77. The highest BCUT2D eigenvalue weighted by atomic mass is 16.7. The molecule has 0 aliphatic carbocycles. The zero-order valence-electron chi connectivity index (χ0n) is 15.6. The molecule has 1 spiro atoms. The molecule has 8 nitrogen and oxygen atoms in total. The van der Waals surface area contributed by atoms with Gasteiger partial charge in [0.15, 0.2) is 11.4 Å². The number of ether oxygens (including phenoxy) is 4. The second-order valence-electron chi connectivity index (χ2n) is 6.21. The average Bonchev–Trinajstić information content (AvgIpc) is 2.93. The van der Waals surface area contributed by atoms with Crippen molar-refractivity contribution in [2.24, 2.45) is 0 Å². The molecule has 1 fully saturated rings. The van der Waals surface area contributed by atoms with Gasteiger partial charge in [-0.1, -0.05) is 12.1 Å². The summed E-state index contributed by atoms with van der Waals surface area (Å²) in [6, 6.07) is 6.92. The van der Waals surface area contributed by atoms with E-state index in [-0.39, 0.29) is 17.9 Å². The first-order valence-electron chi connectivity index (χ1n) is 8.79. The Hall–Kier alpha value is -2.58. The molecule has 0 atom stereocenters. The molecule has 2 aliphatic rings. The Bertz CT molecular complexity index is 733. The minimum absolute atomic E-state index is 0.170. The smallest absolute Gasteiger partial charge is 0.497 e. The minimum Gasteiger partial charge on any atom is -0.497 e. The van der Waals surface area contributed by atoms with Crippen LogP contribution < -0.4 is 4.74 Å². The van der Waals surface area contributed by atoms with Gasteiger partial charge in [-0.25, -0.2) is 9.59 Å². The summed E-state index contributed by atoms with van der Waals surface area (Å²) in [5.41, 5.74) is -0.184. The molecule has 8 heteroatoms. The van der Waals surface area contributed by atoms with Crippen LogP contribution in [0.5, 0.6) is 5.75 Å². The lowest BCUT2D eigenvalue weighted by molar-refractivity contribution is -0.183. The van der Waals surface area contributed by atoms with Crippen LogP contribution in [0.1, 0.15) is 25.3 Å². The number of hydrogen-bond donors (Lipinski definition) is 0. The van der Waals surface area contributed by atoms with E-state index >= 15 is 0 Å². The Kier molecular flexibility index (Phi) is 5.67. The van der Waals surface area contributed by atoms with Crippen LogP contribution in [0.4, 0.5) is 4.79 Å². The second kappa shape index (κ2) is 7.98. The molecule has 27 heavy (non-hydrogen) atoms. The lowest BCUT2D eigenvalue weighted by Gasteiger charge is -2.37. The monoisotopic (exact) mass is 377 g/mol. The predicted octanol–water partition coefficient (Wildman–Crippen LogP) is 2.53. The van der Waals surface area contributed by atoms with Crippen molar-refractivity contribution < 1.29 is 33.4 Å². The van der Waals surface area contributed by atoms with E-state index in [0.29, 0.717) is 37.2 Å². The first-order valence-corrected chi connectivity index (χ1v) is 8.79. The van der Waals surface area contributed by atoms with Crippen molar-refractivity contribution in [3.63, 3.8) is 0 Å². The van der Waals surface area contributed by atoms with Crippen LogP contribution in [-0.2, 0) is 23.8 Å². The summed E-state index contributed by atoms with van der Waals surface area (Å²) >= 11 is 0. The number of carbonyl (C=O) groups is 2. The van der Waals surface area contributed by atoms with Crippen molar-refractivity contribution in [3.8, 4) is 5.75 Å². The maximum Gasteiger partial charge on any atom is 0.513 e. The highest BCUT2D eigenvalue weighted by molar-refractivity contribution is 6.20. The van der Waals surface area contributed by atoms with Crippen LogP contribution >= 0.6 is 0 Å². The lowest BCUT2D eigenvalue weighted by atomic mass is 9.88. The standard InChI is InChI=1S/C19H23NO7/c1-4-25-18(22)26-16-15(13-5-7-14(23-2)8-6-13)17(21)27-19(16)9-11-20(24-3)12-10-19/h5-8H,4,9-12H2,1-3H3. The fourth-order valence-electron chi connectivity index (χ4n) is 3.34. The van der Waals surface area contributed by atoms with E-state index in [2.05, 4.69) is 0 Å². The lowest BCUT2D eigenvalue weighted by Crippen LogP contribution is -2.46. The highest BCUT2D eigenvalue weighted by Crippen LogP contribution is 2.45. The van der Waals surface area contributed by atoms with Crippen LogP contribution in [0.25, 0.3) is 5.57 Å². The Balaban J connectivity index is 2.00. The van der Waals surface area contributed by atoms with Gasteiger partial charge in [-0.3, -0.25) is 0 Å². The van der Waals surface area contributed by atoms with Crippen LogP contribution in [0.3, 0.4) is 0 Å². The van der Waals surface area contributed by atoms with Gasteiger partial charge in [0.2, 0.25) is 0 Å². The number of carbonyl (C=O) groups excluding carboxylic acids is 2. The van der Waals surface area contributed by atoms with Crippen molar-refractivity contribution in [1.82, 2.24) is 5.06 Å². The van der Waals surface area contributed by atoms with Crippen molar-refractivity contribution in [1.29, 1.82) is 0 Å². The number of piperidine rings is 1. The molecule has 1 aromatic rings. The molecular weight excluding hydrogens is 354 g/mol. The molecule has 2 heterocycles. The summed E-state index contributed by atoms with van der Waals surface area (Å²) in [6.45, 7) is 2.93. The Morgan fingerprint density at radius 2 is 1.85 bits per heavy atom. The van der Waals surface area contributed by atoms with Crippen LogP contribution in [0.15, 0.2) is 30.0 Å². The summed E-state index contributed by atoms with van der Waals surface area (Å²) < 4.78 is 21.3. The van der Waals surface area contributed by atoms with E-state index in [1.54, 1.807) is 50.5 Å². The van der Waals surface area contributed by atoms with Gasteiger partial charge in [-0.2, -0.15) is 5.06 Å². The van der Waals surface area contributed by atoms with E-state index in [4.69, 9.17) is 23.8 Å². The molecule has 0 N–H and O–H groups in total. The van der Waals surface area contributed by atoms with Crippen molar-refractivity contribution in [2.45, 2.75) is 25.4 Å². The summed E-state index contributed by atoms with van der Waals surface area (Å²) in [4.78, 5) is 30.0. The topological polar surface area (TPSA) is 83.5 Å². The number of hydroxylamine groups is 2. The number of rotatable bonds is 5. The van der Waals surface area contributed by atoms with Crippen LogP contribution in [0, 0.1) is 0 Å². The summed E-state index contributed by atoms with van der Waals surface area (Å²) in [5.74, 6) is 0.332. The summed E-state index contributed by atoms with van der Waals surface area (Å²) in [7, 11) is 3.15. The van der Waals surface area contributed by atoms with E-state index < -0.39 is 17.7 Å². The highest BCUT2D eigenvalue weighted by Gasteiger charge is 2.52. The molecule has 0 amide bonds.